The summed E-state index contributed by atoms with van der Waals surface area (Å²) >= 11 is 0. The lowest BCUT2D eigenvalue weighted by Crippen LogP contribution is -2.33. The average molecular weight is 274 g/mol. The molecule has 2 unspecified atom stereocenters. The number of benzene rings is 1. The van der Waals surface area contributed by atoms with Crippen molar-refractivity contribution in [1.29, 1.82) is 0 Å². The van der Waals surface area contributed by atoms with Gasteiger partial charge in [0.25, 0.3) is 0 Å². The summed E-state index contributed by atoms with van der Waals surface area (Å²) in [6.07, 6.45) is 2.20. The normalized spacial score (nSPS) is 25.9. The maximum absolute atomic E-state index is 12.3. The van der Waals surface area contributed by atoms with Crippen LogP contribution in [0.5, 0.6) is 0 Å². The second-order valence-corrected chi connectivity index (χ2v) is 6.34. The molecule has 0 saturated carbocycles. The molecule has 108 valence electrons. The van der Waals surface area contributed by atoms with Gasteiger partial charge in [0.1, 0.15) is 0 Å². The summed E-state index contributed by atoms with van der Waals surface area (Å²) in [5, 5.41) is 0. The number of carbonyl (C=O) groups excluding carboxylic acids is 1. The van der Waals surface area contributed by atoms with Crippen molar-refractivity contribution in [3.63, 3.8) is 0 Å². The highest BCUT2D eigenvalue weighted by molar-refractivity contribution is 6.07. The molecule has 0 radical (unpaired) electrons. The number of hydrogen-bond acceptors (Lipinski definition) is 3. The molecule has 0 bridgehead atoms. The number of fused-ring (bicyclic) bond motifs is 1. The minimum atomic E-state index is -0.476. The molecule has 1 saturated heterocycles. The van der Waals surface area contributed by atoms with Crippen LogP contribution in [0.25, 0.3) is 0 Å². The summed E-state index contributed by atoms with van der Waals surface area (Å²) in [5.74, 6) is 0.135. The molecule has 2 N–H and O–H groups in total. The average Bonchev–Trinajstić information content (AvgIpc) is 3.02. The first-order chi connectivity index (χ1) is 9.43. The summed E-state index contributed by atoms with van der Waals surface area (Å²) in [6.45, 7) is 4.74. The number of ether oxygens (including phenoxy) is 1. The zero-order chi connectivity index (χ0) is 14.5. The standard InChI is InChI=1S/C16H22N2O2/c1-16(2)11-9-10(14(17)13-5-4-8-20-13)6-7-12(11)18(3)15(16)19/h6-7,9,13-14H,4-5,8,17H2,1-3H3. The van der Waals surface area contributed by atoms with Crippen molar-refractivity contribution in [2.45, 2.75) is 44.2 Å². The fourth-order valence-electron chi connectivity index (χ4n) is 3.30. The van der Waals surface area contributed by atoms with E-state index in [2.05, 4.69) is 6.07 Å². The van der Waals surface area contributed by atoms with Gasteiger partial charge in [-0.2, -0.15) is 0 Å². The van der Waals surface area contributed by atoms with Crippen molar-refractivity contribution < 1.29 is 9.53 Å². The Hall–Kier alpha value is -1.39. The Morgan fingerprint density at radius 3 is 2.85 bits per heavy atom. The van der Waals surface area contributed by atoms with Gasteiger partial charge in [-0.1, -0.05) is 12.1 Å². The molecule has 4 heteroatoms. The van der Waals surface area contributed by atoms with Crippen molar-refractivity contribution in [2.24, 2.45) is 5.73 Å². The Morgan fingerprint density at radius 1 is 1.45 bits per heavy atom. The monoisotopic (exact) mass is 274 g/mol. The summed E-state index contributed by atoms with van der Waals surface area (Å²) in [5.41, 5.74) is 8.97. The van der Waals surface area contributed by atoms with Gasteiger partial charge < -0.3 is 15.4 Å². The van der Waals surface area contributed by atoms with E-state index in [-0.39, 0.29) is 18.1 Å². The number of nitrogens with zero attached hydrogens (tertiary/aromatic N) is 1. The van der Waals surface area contributed by atoms with Crippen molar-refractivity contribution in [1.82, 2.24) is 0 Å². The first-order valence-electron chi connectivity index (χ1n) is 7.22. The third-order valence-corrected chi connectivity index (χ3v) is 4.64. The molecule has 20 heavy (non-hydrogen) atoms. The number of hydrogen-bond donors (Lipinski definition) is 1. The number of carbonyl (C=O) groups is 1. The Bertz CT molecular complexity index is 547. The topological polar surface area (TPSA) is 55.6 Å². The van der Waals surface area contributed by atoms with Gasteiger partial charge in [0.05, 0.1) is 17.6 Å². The number of rotatable bonds is 2. The van der Waals surface area contributed by atoms with Crippen LogP contribution < -0.4 is 10.6 Å². The number of amides is 1. The first kappa shape index (κ1) is 13.6. The zero-order valence-corrected chi connectivity index (χ0v) is 12.3. The van der Waals surface area contributed by atoms with E-state index in [1.165, 1.54) is 0 Å². The zero-order valence-electron chi connectivity index (χ0n) is 12.3. The molecule has 0 aliphatic carbocycles. The summed E-state index contributed by atoms with van der Waals surface area (Å²) in [7, 11) is 1.83. The van der Waals surface area contributed by atoms with Gasteiger partial charge in [-0.25, -0.2) is 0 Å². The molecule has 1 aromatic carbocycles. The van der Waals surface area contributed by atoms with Gasteiger partial charge in [0.15, 0.2) is 0 Å². The third kappa shape index (κ3) is 1.86. The molecule has 3 rings (SSSR count). The fraction of sp³-hybridized carbons (Fsp3) is 0.562. The lowest BCUT2D eigenvalue weighted by Gasteiger charge is -2.21. The van der Waals surface area contributed by atoms with Crippen molar-refractivity contribution >= 4 is 11.6 Å². The molecular formula is C16H22N2O2. The highest BCUT2D eigenvalue weighted by atomic mass is 16.5. The molecule has 2 aliphatic heterocycles. The van der Waals surface area contributed by atoms with E-state index in [0.717, 1.165) is 36.3 Å². The van der Waals surface area contributed by atoms with Crippen LogP contribution in [0.4, 0.5) is 5.69 Å². The minimum absolute atomic E-state index is 0.103. The van der Waals surface area contributed by atoms with Crippen LogP contribution in [0.1, 0.15) is 43.9 Å². The summed E-state index contributed by atoms with van der Waals surface area (Å²) in [4.78, 5) is 14.0. The maximum atomic E-state index is 12.3. The molecule has 2 aliphatic rings. The second-order valence-electron chi connectivity index (χ2n) is 6.34. The molecule has 2 atom stereocenters. The van der Waals surface area contributed by atoms with Gasteiger partial charge >= 0.3 is 0 Å². The second kappa shape index (κ2) is 4.57. The molecule has 4 nitrogen and oxygen atoms in total. The van der Waals surface area contributed by atoms with E-state index in [9.17, 15) is 4.79 Å². The maximum Gasteiger partial charge on any atom is 0.236 e. The van der Waals surface area contributed by atoms with Crippen LogP contribution in [-0.2, 0) is 14.9 Å². The van der Waals surface area contributed by atoms with Crippen LogP contribution in [0.3, 0.4) is 0 Å². The predicted molar refractivity (Wildman–Crippen MR) is 78.8 cm³/mol. The molecular weight excluding hydrogens is 252 g/mol. The highest BCUT2D eigenvalue weighted by Gasteiger charge is 2.42. The lowest BCUT2D eigenvalue weighted by atomic mass is 9.84. The first-order valence-corrected chi connectivity index (χ1v) is 7.22. The molecule has 1 amide bonds. The van der Waals surface area contributed by atoms with Crippen LogP contribution in [0.2, 0.25) is 0 Å². The van der Waals surface area contributed by atoms with Gasteiger partial charge in [0, 0.05) is 19.3 Å². The highest BCUT2D eigenvalue weighted by Crippen LogP contribution is 2.42. The van der Waals surface area contributed by atoms with E-state index in [0.29, 0.717) is 0 Å². The van der Waals surface area contributed by atoms with Crippen LogP contribution in [0.15, 0.2) is 18.2 Å². The number of nitrogens with two attached hydrogens (primary N) is 1. The van der Waals surface area contributed by atoms with E-state index < -0.39 is 5.41 Å². The van der Waals surface area contributed by atoms with E-state index in [1.54, 1.807) is 4.90 Å². The van der Waals surface area contributed by atoms with Crippen LogP contribution >= 0.6 is 0 Å². The van der Waals surface area contributed by atoms with Crippen molar-refractivity contribution in [3.8, 4) is 0 Å². The SMILES string of the molecule is CN1C(=O)C(C)(C)c2cc(C(N)C3CCCO3)ccc21. The van der Waals surface area contributed by atoms with Crippen LogP contribution in [0, 0.1) is 0 Å². The lowest BCUT2D eigenvalue weighted by molar-refractivity contribution is -0.121. The molecule has 0 aromatic heterocycles. The van der Waals surface area contributed by atoms with E-state index in [1.807, 2.05) is 33.0 Å². The van der Waals surface area contributed by atoms with Gasteiger partial charge in [0.2, 0.25) is 5.91 Å². The minimum Gasteiger partial charge on any atom is -0.376 e. The quantitative estimate of drug-likeness (QED) is 0.898. The van der Waals surface area contributed by atoms with Crippen molar-refractivity contribution in [3.05, 3.63) is 29.3 Å². The molecule has 1 aromatic rings. The summed E-state index contributed by atoms with van der Waals surface area (Å²) < 4.78 is 5.68. The van der Waals surface area contributed by atoms with E-state index >= 15 is 0 Å². The smallest absolute Gasteiger partial charge is 0.236 e. The summed E-state index contributed by atoms with van der Waals surface area (Å²) in [6, 6.07) is 6.01. The van der Waals surface area contributed by atoms with Gasteiger partial charge in [-0.3, -0.25) is 4.79 Å². The molecule has 2 heterocycles. The fourth-order valence-corrected chi connectivity index (χ4v) is 3.30. The van der Waals surface area contributed by atoms with Crippen molar-refractivity contribution in [2.75, 3.05) is 18.6 Å². The Morgan fingerprint density at radius 2 is 2.20 bits per heavy atom. The van der Waals surface area contributed by atoms with Gasteiger partial charge in [-0.05, 0) is 43.9 Å². The van der Waals surface area contributed by atoms with E-state index in [4.69, 9.17) is 10.5 Å². The Balaban J connectivity index is 1.98. The number of likely N-dealkylation sites (N-methyl/N-ethyl adjacent to an activating group) is 1. The Labute approximate surface area is 119 Å². The number of anilines is 1. The molecule has 1 fully saturated rings. The Kier molecular flexibility index (Phi) is 3.10. The molecule has 0 spiro atoms. The van der Waals surface area contributed by atoms with Gasteiger partial charge in [-0.15, -0.1) is 0 Å². The third-order valence-electron chi connectivity index (χ3n) is 4.64. The predicted octanol–water partition coefficient (Wildman–Crippen LogP) is 2.12. The van der Waals surface area contributed by atoms with Crippen LogP contribution in [-0.4, -0.2) is 25.7 Å². The largest absolute Gasteiger partial charge is 0.376 e.